The Labute approximate surface area is 59.4 Å². The molecule has 0 aromatic heterocycles. The summed E-state index contributed by atoms with van der Waals surface area (Å²) in [5, 5.41) is 17.3. The zero-order chi connectivity index (χ0) is 7.15. The molecule has 5 heteroatoms. The molecule has 0 aliphatic rings. The molecule has 0 saturated carbocycles. The number of carbonyl (C=O) groups is 1. The van der Waals surface area contributed by atoms with Gasteiger partial charge in [0.05, 0.1) is 12.1 Å². The quantitative estimate of drug-likeness (QED) is 0.390. The van der Waals surface area contributed by atoms with E-state index >= 15 is 0 Å². The number of quaternary nitrogens is 1. The van der Waals surface area contributed by atoms with Crippen LogP contribution in [0.4, 0.5) is 0 Å². The summed E-state index contributed by atoms with van der Waals surface area (Å²) < 4.78 is 3.25. The Hall–Kier alpha value is 0.104. The fourth-order valence-corrected chi connectivity index (χ4v) is 0. The van der Waals surface area contributed by atoms with Crippen LogP contribution in [0.5, 0.6) is 0 Å². The van der Waals surface area contributed by atoms with E-state index in [2.05, 4.69) is 4.22 Å². The molecule has 1 atom stereocenters. The summed E-state index contributed by atoms with van der Waals surface area (Å²) in [5.41, 5.74) is 0. The van der Waals surface area contributed by atoms with Gasteiger partial charge in [-0.2, -0.15) is 0 Å². The number of aliphatic carboxylic acids is 1. The van der Waals surface area contributed by atoms with Gasteiger partial charge in [0.25, 0.3) is 0 Å². The monoisotopic (exact) mass is 154 g/mol. The molecule has 0 radical (unpaired) electrons. The van der Waals surface area contributed by atoms with Crippen LogP contribution < -0.4 is 9.32 Å². The number of hydrogen-bond acceptors (Lipinski definition) is 3. The van der Waals surface area contributed by atoms with Gasteiger partial charge in [-0.25, -0.2) is 0 Å². The van der Waals surface area contributed by atoms with E-state index in [-0.39, 0.29) is 0 Å². The molecule has 0 fully saturated rings. The number of rotatable bonds is 1. The van der Waals surface area contributed by atoms with Crippen molar-refractivity contribution in [2.75, 3.05) is 0 Å². The molecule has 4 nitrogen and oxygen atoms in total. The van der Waals surface area contributed by atoms with E-state index in [1.165, 1.54) is 0 Å². The SMILES string of the molecule is CC(O)C(=O)[O-].[NH3+][Ti]. The van der Waals surface area contributed by atoms with E-state index in [1.807, 2.05) is 0 Å². The molecule has 0 spiro atoms. The topological polar surface area (TPSA) is 88.0 Å². The summed E-state index contributed by atoms with van der Waals surface area (Å²) in [4.78, 5) is 9.34. The molecule has 0 rings (SSSR count). The summed E-state index contributed by atoms with van der Waals surface area (Å²) in [6.07, 6.45) is -1.34. The van der Waals surface area contributed by atoms with Crippen LogP contribution in [0.1, 0.15) is 6.92 Å². The number of carboxylic acid groups (broad SMARTS) is 1. The molecule has 0 heterocycles. The van der Waals surface area contributed by atoms with Crippen molar-refractivity contribution < 1.29 is 39.9 Å². The van der Waals surface area contributed by atoms with Crippen LogP contribution >= 0.6 is 0 Å². The average Bonchev–Trinajstić information content (AvgIpc) is 1.72. The van der Waals surface area contributed by atoms with Crippen LogP contribution in [0.15, 0.2) is 0 Å². The normalized spacial score (nSPS) is 10.8. The molecule has 1 unspecified atom stereocenters. The van der Waals surface area contributed by atoms with Gasteiger partial charge in [-0.1, -0.05) is 0 Å². The van der Waals surface area contributed by atoms with Gasteiger partial charge < -0.3 is 15.0 Å². The minimum absolute atomic E-state index is 1.13. The Balaban J connectivity index is 0. The molecular weight excluding hydrogens is 146 g/mol. The first kappa shape index (κ1) is 11.0. The fourth-order valence-electron chi connectivity index (χ4n) is 0. The first-order valence-electron chi connectivity index (χ1n) is 1.89. The van der Waals surface area contributed by atoms with Gasteiger partial charge in [-0.15, -0.1) is 0 Å². The molecule has 0 bridgehead atoms. The molecule has 4 N–H and O–H groups in total. The molecule has 8 heavy (non-hydrogen) atoms. The number of hydrogen-bond donors (Lipinski definition) is 2. The van der Waals surface area contributed by atoms with Gasteiger partial charge in [-0.3, -0.25) is 0 Å². The van der Waals surface area contributed by atoms with E-state index < -0.39 is 12.1 Å². The molecule has 0 aliphatic heterocycles. The number of carboxylic acids is 1. The van der Waals surface area contributed by atoms with Crippen molar-refractivity contribution >= 4 is 5.97 Å². The Morgan fingerprint density at radius 2 is 2.00 bits per heavy atom. The second-order valence-corrected chi connectivity index (χ2v) is 0.995. The van der Waals surface area contributed by atoms with E-state index in [0.29, 0.717) is 0 Å². The van der Waals surface area contributed by atoms with Crippen molar-refractivity contribution in [3.05, 3.63) is 0 Å². The van der Waals surface area contributed by atoms with Crippen molar-refractivity contribution in [1.82, 2.24) is 0 Å². The summed E-state index contributed by atoms with van der Waals surface area (Å²) in [6.45, 7) is 1.13. The third kappa shape index (κ3) is 9.44. The van der Waals surface area contributed by atoms with Gasteiger partial charge >= 0.3 is 24.9 Å². The zero-order valence-corrected chi connectivity index (χ0v) is 6.11. The number of aliphatic hydroxyl groups excluding tert-OH is 1. The van der Waals surface area contributed by atoms with Gasteiger partial charge in [0.1, 0.15) is 0 Å². The summed E-state index contributed by atoms with van der Waals surface area (Å²) in [5.74, 6) is -1.44. The Bertz CT molecular complexity index is 65.5. The second kappa shape index (κ2) is 7.10. The van der Waals surface area contributed by atoms with Gasteiger partial charge in [0.2, 0.25) is 0 Å². The van der Waals surface area contributed by atoms with Gasteiger partial charge in [0.15, 0.2) is 0 Å². The molecule has 0 saturated heterocycles. The van der Waals surface area contributed by atoms with Crippen molar-refractivity contribution in [3.8, 4) is 0 Å². The molecule has 0 aromatic rings. The first-order chi connectivity index (χ1) is 3.64. The van der Waals surface area contributed by atoms with E-state index in [1.54, 1.807) is 20.7 Å². The minimum atomic E-state index is -1.44. The Morgan fingerprint density at radius 1 is 1.88 bits per heavy atom. The van der Waals surface area contributed by atoms with Crippen LogP contribution in [-0.2, 0) is 25.5 Å². The van der Waals surface area contributed by atoms with Crippen molar-refractivity contribution in [2.45, 2.75) is 13.0 Å². The first-order valence-corrected chi connectivity index (χ1v) is 2.99. The Morgan fingerprint density at radius 3 is 2.00 bits per heavy atom. The molecular formula is C3H8NO3Ti. The summed E-state index contributed by atoms with van der Waals surface area (Å²) in [6, 6.07) is 0. The second-order valence-electron chi connectivity index (χ2n) is 0.995. The van der Waals surface area contributed by atoms with Gasteiger partial charge in [0, 0.05) is 0 Å². The molecule has 47 valence electrons. The van der Waals surface area contributed by atoms with Crippen LogP contribution in [0, 0.1) is 0 Å². The van der Waals surface area contributed by atoms with E-state index in [9.17, 15) is 9.90 Å². The third-order valence-electron chi connectivity index (χ3n) is 0.341. The predicted octanol–water partition coefficient (Wildman–Crippen LogP) is -3.19. The molecule has 0 aromatic carbocycles. The number of aliphatic hydroxyl groups is 1. The van der Waals surface area contributed by atoms with Gasteiger partial charge in [-0.05, 0) is 6.92 Å². The Kier molecular flexibility index (Phi) is 9.75. The maximum absolute atomic E-state index is 9.34. The van der Waals surface area contributed by atoms with E-state index in [0.717, 1.165) is 6.92 Å². The fraction of sp³-hybridized carbons (Fsp3) is 0.667. The summed E-state index contributed by atoms with van der Waals surface area (Å²) >= 11 is 1.75. The van der Waals surface area contributed by atoms with Crippen molar-refractivity contribution in [1.29, 1.82) is 0 Å². The maximum atomic E-state index is 9.34. The van der Waals surface area contributed by atoms with Crippen LogP contribution in [-0.4, -0.2) is 17.2 Å². The molecule has 0 aliphatic carbocycles. The zero-order valence-electron chi connectivity index (χ0n) is 4.55. The average molecular weight is 154 g/mol. The predicted molar refractivity (Wildman–Crippen MR) is 19.6 cm³/mol. The standard InChI is InChI=1S/C3H6O3.H3N.Ti/c1-2(4)3(5)6;;/h2,4H,1H3,(H,5,6);1H3;/q;;+1/p-1. The van der Waals surface area contributed by atoms with E-state index in [4.69, 9.17) is 5.11 Å². The van der Waals surface area contributed by atoms with Crippen molar-refractivity contribution in [3.63, 3.8) is 0 Å². The number of carbonyl (C=O) groups excluding carboxylic acids is 1. The summed E-state index contributed by atoms with van der Waals surface area (Å²) in [7, 11) is 0. The van der Waals surface area contributed by atoms with Crippen LogP contribution in [0.3, 0.4) is 0 Å². The molecule has 0 amide bonds. The van der Waals surface area contributed by atoms with Crippen molar-refractivity contribution in [2.24, 2.45) is 0 Å². The van der Waals surface area contributed by atoms with Crippen LogP contribution in [0.25, 0.3) is 0 Å². The van der Waals surface area contributed by atoms with Crippen LogP contribution in [0.2, 0.25) is 0 Å². The third-order valence-corrected chi connectivity index (χ3v) is 0.341.